The van der Waals surface area contributed by atoms with Gasteiger partial charge in [0.1, 0.15) is 13.2 Å². The molecule has 0 rings (SSSR count). The molecule has 0 aromatic rings. The minimum absolute atomic E-state index is 0.392. The normalized spacial score (nSPS) is 10.8. The molecule has 0 aromatic heterocycles. The smallest absolute Gasteiger partial charge is 0.309 e. The summed E-state index contributed by atoms with van der Waals surface area (Å²) in [5.74, 6) is 1.31. The zero-order valence-corrected chi connectivity index (χ0v) is 10.1. The van der Waals surface area contributed by atoms with Gasteiger partial charge in [-0.05, 0) is 0 Å². The number of carbonyl (C=O) groups is 1. The Balaban J connectivity index is 0. The van der Waals surface area contributed by atoms with Gasteiger partial charge in [0.25, 0.3) is 0 Å². The highest BCUT2D eigenvalue weighted by atomic mass is 16.5. The molecule has 16 heavy (non-hydrogen) atoms. The Morgan fingerprint density at radius 2 is 1.12 bits per heavy atom. The summed E-state index contributed by atoms with van der Waals surface area (Å²) in [6.45, 7) is 0.784. The van der Waals surface area contributed by atoms with E-state index in [9.17, 15) is 0 Å². The van der Waals surface area contributed by atoms with E-state index < -0.39 is 6.03 Å². The molecule has 0 spiro atoms. The molecule has 0 unspecified atom stereocenters. The third-order valence-electron chi connectivity index (χ3n) is 1.35. The highest BCUT2D eigenvalue weighted by Gasteiger charge is 2.06. The second-order valence-corrected chi connectivity index (χ2v) is 2.52. The molecular weight excluding hydrogens is 216 g/mol. The number of amides is 2. The van der Waals surface area contributed by atoms with E-state index in [0.717, 1.165) is 0 Å². The molecule has 0 aliphatic rings. The maximum Gasteiger partial charge on any atom is 0.309 e. The molecular formula is C9H20N2O5. The molecule has 0 saturated carbocycles. The molecule has 0 heterocycles. The number of carbonyl (C=O) groups excluding carboxylic acids is 1. The van der Waals surface area contributed by atoms with Crippen LogP contribution in [0, 0.1) is 0 Å². The Hall–Kier alpha value is -1.47. The predicted molar refractivity (Wildman–Crippen MR) is 58.6 cm³/mol. The molecule has 96 valence electrons. The second kappa shape index (κ2) is 11.6. The van der Waals surface area contributed by atoms with Crippen molar-refractivity contribution in [2.75, 3.05) is 41.7 Å². The molecule has 7 heteroatoms. The van der Waals surface area contributed by atoms with Gasteiger partial charge in [0.15, 0.2) is 11.5 Å². The third-order valence-corrected chi connectivity index (χ3v) is 1.35. The maximum atomic E-state index is 9.00. The van der Waals surface area contributed by atoms with Crippen molar-refractivity contribution in [1.82, 2.24) is 0 Å². The molecule has 0 atom stereocenters. The van der Waals surface area contributed by atoms with Crippen molar-refractivity contribution in [3.8, 4) is 0 Å². The summed E-state index contributed by atoms with van der Waals surface area (Å²) in [6, 6.07) is -0.833. The van der Waals surface area contributed by atoms with Crippen LogP contribution >= 0.6 is 0 Å². The molecule has 2 amide bonds. The Bertz CT molecular complexity index is 198. The number of urea groups is 1. The summed E-state index contributed by atoms with van der Waals surface area (Å²) >= 11 is 0. The van der Waals surface area contributed by atoms with Gasteiger partial charge in [0, 0.05) is 14.2 Å². The molecule has 0 aliphatic carbocycles. The van der Waals surface area contributed by atoms with Gasteiger partial charge in [-0.1, -0.05) is 0 Å². The fraction of sp³-hybridized carbons (Fsp3) is 0.667. The molecule has 0 saturated heterocycles. The van der Waals surface area contributed by atoms with E-state index in [1.54, 1.807) is 28.4 Å². The van der Waals surface area contributed by atoms with Crippen LogP contribution in [0.2, 0.25) is 0 Å². The largest absolute Gasteiger partial charge is 0.495 e. The Kier molecular flexibility index (Phi) is 12.3. The topological polar surface area (TPSA) is 106 Å². The van der Waals surface area contributed by atoms with Crippen molar-refractivity contribution in [3.63, 3.8) is 0 Å². The van der Waals surface area contributed by atoms with Gasteiger partial charge >= 0.3 is 6.03 Å². The van der Waals surface area contributed by atoms with E-state index in [1.807, 2.05) is 0 Å². The van der Waals surface area contributed by atoms with Crippen molar-refractivity contribution < 1.29 is 23.7 Å². The van der Waals surface area contributed by atoms with Crippen LogP contribution in [0.1, 0.15) is 0 Å². The highest BCUT2D eigenvalue weighted by Crippen LogP contribution is 2.06. The van der Waals surface area contributed by atoms with Crippen molar-refractivity contribution >= 4 is 6.03 Å². The van der Waals surface area contributed by atoms with E-state index in [0.29, 0.717) is 24.7 Å². The SMILES string of the molecule is COCC(OC)=C(COC)OC.NC(N)=O. The first-order valence-corrected chi connectivity index (χ1v) is 4.36. The number of methoxy groups -OCH3 is 4. The van der Waals surface area contributed by atoms with Gasteiger partial charge in [-0.25, -0.2) is 4.79 Å². The first-order chi connectivity index (χ1) is 7.53. The zero-order chi connectivity index (χ0) is 13.0. The molecule has 0 fully saturated rings. The van der Waals surface area contributed by atoms with Crippen LogP contribution in [0.25, 0.3) is 0 Å². The summed E-state index contributed by atoms with van der Waals surface area (Å²) in [4.78, 5) is 9.00. The van der Waals surface area contributed by atoms with Crippen LogP contribution in [0.4, 0.5) is 4.79 Å². The summed E-state index contributed by atoms with van der Waals surface area (Å²) in [5, 5.41) is 0. The summed E-state index contributed by atoms with van der Waals surface area (Å²) < 4.78 is 19.9. The fourth-order valence-electron chi connectivity index (χ4n) is 0.769. The molecule has 0 aromatic carbocycles. The van der Waals surface area contributed by atoms with E-state index in [2.05, 4.69) is 11.5 Å². The van der Waals surface area contributed by atoms with Crippen molar-refractivity contribution in [1.29, 1.82) is 0 Å². The van der Waals surface area contributed by atoms with Crippen LogP contribution in [0.3, 0.4) is 0 Å². The van der Waals surface area contributed by atoms with Crippen LogP contribution in [-0.4, -0.2) is 47.7 Å². The van der Waals surface area contributed by atoms with Gasteiger partial charge in [0.2, 0.25) is 0 Å². The average molecular weight is 236 g/mol. The summed E-state index contributed by atoms with van der Waals surface area (Å²) in [6.07, 6.45) is 0. The lowest BCUT2D eigenvalue weighted by Crippen LogP contribution is -2.18. The van der Waals surface area contributed by atoms with Gasteiger partial charge in [-0.2, -0.15) is 0 Å². The van der Waals surface area contributed by atoms with Gasteiger partial charge < -0.3 is 30.4 Å². The van der Waals surface area contributed by atoms with Crippen molar-refractivity contribution in [2.45, 2.75) is 0 Å². The summed E-state index contributed by atoms with van der Waals surface area (Å²) in [5.41, 5.74) is 8.50. The Labute approximate surface area is 95.3 Å². The number of rotatable bonds is 6. The van der Waals surface area contributed by atoms with Crippen molar-refractivity contribution in [3.05, 3.63) is 11.5 Å². The monoisotopic (exact) mass is 236 g/mol. The zero-order valence-electron chi connectivity index (χ0n) is 10.1. The summed E-state index contributed by atoms with van der Waals surface area (Å²) in [7, 11) is 6.34. The second-order valence-electron chi connectivity index (χ2n) is 2.52. The highest BCUT2D eigenvalue weighted by molar-refractivity contribution is 5.69. The Morgan fingerprint density at radius 1 is 0.875 bits per heavy atom. The van der Waals surface area contributed by atoms with Crippen LogP contribution in [-0.2, 0) is 18.9 Å². The standard InChI is InChI=1S/C8H16O4.CH4N2O/c1-9-5-7(11-3)8(12-4)6-10-2;2-1(3)4/h5-6H2,1-4H3;(H4,2,3,4). The lowest BCUT2D eigenvalue weighted by atomic mass is 10.4. The number of nitrogens with two attached hydrogens (primary N) is 2. The van der Waals surface area contributed by atoms with Gasteiger partial charge in [-0.3, -0.25) is 0 Å². The molecule has 0 radical (unpaired) electrons. The van der Waals surface area contributed by atoms with Crippen LogP contribution < -0.4 is 11.5 Å². The fourth-order valence-corrected chi connectivity index (χ4v) is 0.769. The third kappa shape index (κ3) is 10.6. The molecule has 7 nitrogen and oxygen atoms in total. The average Bonchev–Trinajstić information content (AvgIpc) is 2.22. The van der Waals surface area contributed by atoms with Gasteiger partial charge in [-0.15, -0.1) is 0 Å². The lowest BCUT2D eigenvalue weighted by molar-refractivity contribution is 0.109. The quantitative estimate of drug-likeness (QED) is 0.621. The number of ether oxygens (including phenoxy) is 4. The lowest BCUT2D eigenvalue weighted by Gasteiger charge is -2.11. The van der Waals surface area contributed by atoms with Crippen LogP contribution in [0.15, 0.2) is 11.5 Å². The van der Waals surface area contributed by atoms with Crippen molar-refractivity contribution in [2.24, 2.45) is 11.5 Å². The Morgan fingerprint density at radius 3 is 1.25 bits per heavy atom. The maximum absolute atomic E-state index is 9.00. The first-order valence-electron chi connectivity index (χ1n) is 4.36. The minimum Gasteiger partial charge on any atom is -0.495 e. The van der Waals surface area contributed by atoms with Crippen LogP contribution in [0.5, 0.6) is 0 Å². The minimum atomic E-state index is -0.833. The predicted octanol–water partition coefficient (Wildman–Crippen LogP) is -0.193. The van der Waals surface area contributed by atoms with E-state index in [4.69, 9.17) is 23.7 Å². The molecule has 4 N–H and O–H groups in total. The van der Waals surface area contributed by atoms with E-state index >= 15 is 0 Å². The first kappa shape index (κ1) is 16.9. The number of hydrogen-bond donors (Lipinski definition) is 2. The van der Waals surface area contributed by atoms with Gasteiger partial charge in [0.05, 0.1) is 14.2 Å². The number of hydrogen-bond acceptors (Lipinski definition) is 5. The molecule has 0 aliphatic heterocycles. The number of primary amides is 2. The molecule has 0 bridgehead atoms. The van der Waals surface area contributed by atoms with E-state index in [-0.39, 0.29) is 0 Å². The van der Waals surface area contributed by atoms with E-state index in [1.165, 1.54) is 0 Å².